The maximum Gasteiger partial charge on any atom is 0.243 e. The third-order valence-electron chi connectivity index (χ3n) is 3.79. The third-order valence-corrected chi connectivity index (χ3v) is 5.68. The van der Waals surface area contributed by atoms with Gasteiger partial charge in [0.2, 0.25) is 10.0 Å². The number of benzene rings is 2. The van der Waals surface area contributed by atoms with Crippen LogP contribution in [0.3, 0.4) is 0 Å². The van der Waals surface area contributed by atoms with Crippen molar-refractivity contribution in [1.82, 2.24) is 4.31 Å². The fourth-order valence-electron chi connectivity index (χ4n) is 2.55. The molecule has 24 heavy (non-hydrogen) atoms. The van der Waals surface area contributed by atoms with Crippen LogP contribution in [0.2, 0.25) is 0 Å². The van der Waals surface area contributed by atoms with Gasteiger partial charge in [-0.15, -0.1) is 6.58 Å². The second-order valence-corrected chi connectivity index (χ2v) is 7.40. The number of nitrogens with zero attached hydrogens (tertiary/aromatic N) is 1. The lowest BCUT2D eigenvalue weighted by Crippen LogP contribution is -2.35. The summed E-state index contributed by atoms with van der Waals surface area (Å²) in [6.07, 6.45) is 2.37. The normalized spacial score (nSPS) is 12.8. The van der Waals surface area contributed by atoms with E-state index in [1.165, 1.54) is 10.4 Å². The molecule has 0 aromatic heterocycles. The highest BCUT2D eigenvalue weighted by Gasteiger charge is 2.31. The Kier molecular flexibility index (Phi) is 6.06. The summed E-state index contributed by atoms with van der Waals surface area (Å²) in [6.45, 7) is 5.69. The first-order valence-electron chi connectivity index (χ1n) is 7.68. The molecule has 1 atom stereocenters. The van der Waals surface area contributed by atoms with Gasteiger partial charge in [-0.2, -0.15) is 4.31 Å². The molecule has 1 unspecified atom stereocenters. The van der Waals surface area contributed by atoms with Crippen LogP contribution in [-0.4, -0.2) is 25.6 Å². The van der Waals surface area contributed by atoms with Crippen molar-refractivity contribution in [2.75, 3.05) is 6.54 Å². The van der Waals surface area contributed by atoms with E-state index in [2.05, 4.69) is 6.58 Å². The Morgan fingerprint density at radius 2 is 1.71 bits per heavy atom. The van der Waals surface area contributed by atoms with Crippen molar-refractivity contribution in [1.29, 1.82) is 0 Å². The van der Waals surface area contributed by atoms with Crippen LogP contribution in [0.15, 0.2) is 72.1 Å². The van der Waals surface area contributed by atoms with E-state index in [0.717, 1.165) is 17.4 Å². The first-order valence-corrected chi connectivity index (χ1v) is 9.12. The molecule has 0 saturated heterocycles. The van der Waals surface area contributed by atoms with E-state index < -0.39 is 16.1 Å². The lowest BCUT2D eigenvalue weighted by molar-refractivity contribution is -0.108. The summed E-state index contributed by atoms with van der Waals surface area (Å²) in [5.41, 5.74) is 1.76. The molecule has 126 valence electrons. The second kappa shape index (κ2) is 8.04. The first-order chi connectivity index (χ1) is 11.5. The van der Waals surface area contributed by atoms with Crippen LogP contribution in [0.5, 0.6) is 0 Å². The van der Waals surface area contributed by atoms with Crippen LogP contribution in [0.4, 0.5) is 0 Å². The topological polar surface area (TPSA) is 54.5 Å². The van der Waals surface area contributed by atoms with E-state index in [9.17, 15) is 13.2 Å². The molecule has 2 rings (SSSR count). The van der Waals surface area contributed by atoms with E-state index >= 15 is 0 Å². The molecule has 5 heteroatoms. The molecule has 0 fully saturated rings. The summed E-state index contributed by atoms with van der Waals surface area (Å²) in [7, 11) is -3.75. The molecule has 4 nitrogen and oxygen atoms in total. The minimum Gasteiger partial charge on any atom is -0.303 e. The maximum absolute atomic E-state index is 13.1. The Morgan fingerprint density at radius 3 is 2.25 bits per heavy atom. The molecule has 0 aliphatic rings. The van der Waals surface area contributed by atoms with Crippen LogP contribution >= 0.6 is 0 Å². The second-order valence-electron chi connectivity index (χ2n) is 5.51. The van der Waals surface area contributed by atoms with Gasteiger partial charge in [0.25, 0.3) is 0 Å². The van der Waals surface area contributed by atoms with Gasteiger partial charge in [0, 0.05) is 13.0 Å². The zero-order valence-corrected chi connectivity index (χ0v) is 14.4. The number of hydrogen-bond donors (Lipinski definition) is 0. The average Bonchev–Trinajstić information content (AvgIpc) is 2.59. The lowest BCUT2D eigenvalue weighted by atomic mass is 10.0. The minimum absolute atomic E-state index is 0.0863. The van der Waals surface area contributed by atoms with Gasteiger partial charge in [-0.05, 0) is 24.6 Å². The van der Waals surface area contributed by atoms with Gasteiger partial charge in [0.1, 0.15) is 6.29 Å². The number of carbonyl (C=O) groups is 1. The number of rotatable bonds is 8. The van der Waals surface area contributed by atoms with Gasteiger partial charge < -0.3 is 4.79 Å². The molecule has 0 spiro atoms. The van der Waals surface area contributed by atoms with Crippen molar-refractivity contribution in [3.63, 3.8) is 0 Å². The highest BCUT2D eigenvalue weighted by molar-refractivity contribution is 7.89. The van der Waals surface area contributed by atoms with Crippen molar-refractivity contribution >= 4 is 16.3 Å². The van der Waals surface area contributed by atoms with Gasteiger partial charge in [0.05, 0.1) is 10.9 Å². The first kappa shape index (κ1) is 18.1. The predicted molar refractivity (Wildman–Crippen MR) is 95.1 cm³/mol. The van der Waals surface area contributed by atoms with Crippen molar-refractivity contribution in [2.24, 2.45) is 0 Å². The SMILES string of the molecule is C=CCN(C(CC=O)c1ccccc1)S(=O)(=O)c1ccc(C)cc1. The molecule has 0 amide bonds. The van der Waals surface area contributed by atoms with E-state index in [4.69, 9.17) is 0 Å². The summed E-state index contributed by atoms with van der Waals surface area (Å²) in [5, 5.41) is 0. The molecule has 0 bridgehead atoms. The fraction of sp³-hybridized carbons (Fsp3) is 0.211. The summed E-state index contributed by atoms with van der Waals surface area (Å²) in [5.74, 6) is 0. The van der Waals surface area contributed by atoms with Crippen LogP contribution in [-0.2, 0) is 14.8 Å². The summed E-state index contributed by atoms with van der Waals surface area (Å²) in [4.78, 5) is 11.4. The van der Waals surface area contributed by atoms with E-state index in [-0.39, 0.29) is 17.9 Å². The summed E-state index contributed by atoms with van der Waals surface area (Å²) < 4.78 is 27.5. The van der Waals surface area contributed by atoms with Gasteiger partial charge in [-0.25, -0.2) is 8.42 Å². The predicted octanol–water partition coefficient (Wildman–Crippen LogP) is 3.50. The average molecular weight is 343 g/mol. The Balaban J connectivity index is 2.50. The fourth-order valence-corrected chi connectivity index (χ4v) is 4.15. The Morgan fingerprint density at radius 1 is 1.08 bits per heavy atom. The Hall–Kier alpha value is -2.24. The number of sulfonamides is 1. The van der Waals surface area contributed by atoms with Crippen LogP contribution in [0.1, 0.15) is 23.6 Å². The molecule has 0 N–H and O–H groups in total. The summed E-state index contributed by atoms with van der Waals surface area (Å²) in [6, 6.07) is 15.3. The van der Waals surface area contributed by atoms with Crippen LogP contribution in [0.25, 0.3) is 0 Å². The number of hydrogen-bond acceptors (Lipinski definition) is 3. The van der Waals surface area contributed by atoms with Gasteiger partial charge in [-0.1, -0.05) is 54.1 Å². The number of aldehydes is 1. The zero-order valence-electron chi connectivity index (χ0n) is 13.6. The van der Waals surface area contributed by atoms with Crippen LogP contribution < -0.4 is 0 Å². The molecule has 0 aliphatic heterocycles. The van der Waals surface area contributed by atoms with Crippen molar-refractivity contribution in [3.8, 4) is 0 Å². The molecular formula is C19H21NO3S. The number of carbonyl (C=O) groups excluding carboxylic acids is 1. The van der Waals surface area contributed by atoms with E-state index in [1.54, 1.807) is 24.3 Å². The van der Waals surface area contributed by atoms with Crippen molar-refractivity contribution in [2.45, 2.75) is 24.3 Å². The monoisotopic (exact) mass is 343 g/mol. The molecule has 2 aromatic rings. The number of aryl methyl sites for hydroxylation is 1. The molecule has 2 aromatic carbocycles. The molecule has 0 saturated carbocycles. The summed E-state index contributed by atoms with van der Waals surface area (Å²) >= 11 is 0. The molecule has 0 heterocycles. The van der Waals surface area contributed by atoms with Gasteiger partial charge in [0.15, 0.2) is 0 Å². The van der Waals surface area contributed by atoms with Gasteiger partial charge in [-0.3, -0.25) is 0 Å². The Bertz CT molecular complexity index is 783. The van der Waals surface area contributed by atoms with E-state index in [1.807, 2.05) is 37.3 Å². The molecular weight excluding hydrogens is 322 g/mol. The maximum atomic E-state index is 13.1. The smallest absolute Gasteiger partial charge is 0.243 e. The highest BCUT2D eigenvalue weighted by Crippen LogP contribution is 2.29. The quantitative estimate of drug-likeness (QED) is 0.544. The zero-order chi connectivity index (χ0) is 17.6. The Labute approximate surface area is 143 Å². The third kappa shape index (κ3) is 3.99. The lowest BCUT2D eigenvalue weighted by Gasteiger charge is -2.29. The van der Waals surface area contributed by atoms with Crippen molar-refractivity contribution < 1.29 is 13.2 Å². The largest absolute Gasteiger partial charge is 0.303 e. The van der Waals surface area contributed by atoms with Crippen LogP contribution in [0, 0.1) is 6.92 Å². The molecule has 0 radical (unpaired) electrons. The highest BCUT2D eigenvalue weighted by atomic mass is 32.2. The molecule has 0 aliphatic carbocycles. The minimum atomic E-state index is -3.75. The standard InChI is InChI=1S/C19H21NO3S/c1-3-14-20(19(13-15-21)17-7-5-4-6-8-17)24(22,23)18-11-9-16(2)10-12-18/h3-12,15,19H,1,13-14H2,2H3. The van der Waals surface area contributed by atoms with Crippen molar-refractivity contribution in [3.05, 3.63) is 78.4 Å². The van der Waals surface area contributed by atoms with E-state index in [0.29, 0.717) is 0 Å². The van der Waals surface area contributed by atoms with Gasteiger partial charge >= 0.3 is 0 Å².